The molecule has 2 aromatic heterocycles. The number of nitrogens with two attached hydrogens (primary N) is 1. The SMILES string of the molecule is C.C#CCCOc1ccc2c(c1)C(=O)N(C1CCC(=O)NC1=O)C2=O.CC(C)(C)OC(=O)NCCOCCOCCN=[N+]=[N-].CC(C)(C)OC(=O)NCCOCCOCCn1nncc1CCOc1ccc2c(c1)C(=O)N(C1CCC(=O)NC1=O)C2=O.Cl.NCCOCCOCCn1nncc1CCOc1ccc2c(c1)C(=O)N(C1CCC(=O)NC1=O)C2=O.[2H]I.[2H]N. The van der Waals surface area contributed by atoms with Crippen LogP contribution in [0.15, 0.2) is 72.1 Å². The standard InChI is InChI=1S/C28H36N6O9.C23H28N6O7.C17H14N2O5.C11H22N4O4.CH4.ClH.HI.H3N/c1-28(2,3)43-27(39)29-9-12-40-14-15-41-13-10-33-18(17-30-32-33)8-11-42-19-4-5-20-21(16-19)26(38)34(25(20)37)22-6-7-23(35)31-24(22)36;24-6-9-34-11-12-35-10-7-28-15(14-25-27-28)5-8-36-16-1-2-17-18(13-16)23(33)29(22(17)32)19-3-4-20(30)26-21(19)31;1-2-3-8-24-10-4-5-11-12(9-10)17(23)19(16(11)22)13-6-7-14(20)18-15(13)21;1-11(2,3)19-10(16)13-4-6-17-8-9-18-7-5-14-15-12;;;;/h4-5,16-17,22H,6-15H2,1-3H3,(H,29,39)(H,31,35,36);1-2,13-14,19H,3-12,24H2,(H,26,30,31);1,4-5,9,13H,3,6-8H2,(H,18,20,21);4-9H2,1-3H3,(H,13,16);1H4;2*1H;1H3/i/hD2. The molecule has 10 N–H and O–H groups in total. The van der Waals surface area contributed by atoms with Crippen molar-refractivity contribution in [3.05, 3.63) is 122 Å². The summed E-state index contributed by atoms with van der Waals surface area (Å²) in [6.07, 6.45) is 13.2. The predicted octanol–water partition coefficient (Wildman–Crippen LogP) is 4.33. The Morgan fingerprint density at radius 1 is 0.524 bits per heavy atom. The number of hydrogen-bond acceptors (Lipinski definition) is 32. The van der Waals surface area contributed by atoms with Crippen LogP contribution < -0.4 is 52.7 Å². The van der Waals surface area contributed by atoms with Crippen molar-refractivity contribution in [2.75, 3.05) is 125 Å². The number of amides is 14. The summed E-state index contributed by atoms with van der Waals surface area (Å²) in [5.41, 5.74) is 15.1. The number of nitrogens with one attached hydrogen (secondary N) is 5. The molecule has 5 aromatic rings. The first-order valence-corrected chi connectivity index (χ1v) is 39.3. The van der Waals surface area contributed by atoms with Gasteiger partial charge in [-0.1, -0.05) is 23.0 Å². The monoisotopic (exact) mass is 1900 g/mol. The number of hydrogen-bond donors (Lipinski definition) is 7. The van der Waals surface area contributed by atoms with Crippen LogP contribution in [0.3, 0.4) is 0 Å². The quantitative estimate of drug-likeness (QED) is 0.00545. The second kappa shape index (κ2) is 53.6. The lowest BCUT2D eigenvalue weighted by atomic mass is 10.0. The van der Waals surface area contributed by atoms with E-state index in [9.17, 15) is 67.1 Å². The zero-order valence-corrected chi connectivity index (χ0v) is 72.9. The lowest BCUT2D eigenvalue weighted by molar-refractivity contribution is -0.137. The van der Waals surface area contributed by atoms with Gasteiger partial charge < -0.3 is 74.6 Å². The Morgan fingerprint density at radius 3 is 1.17 bits per heavy atom. The Hall–Kier alpha value is -11.7. The number of azide groups is 1. The molecule has 11 rings (SSSR count). The number of imide groups is 6. The third-order valence-corrected chi connectivity index (χ3v) is 17.9. The van der Waals surface area contributed by atoms with Crippen LogP contribution in [-0.4, -0.2) is 283 Å². The van der Waals surface area contributed by atoms with Crippen LogP contribution in [0.25, 0.3) is 10.4 Å². The number of carbonyl (C=O) groups is 14. The fraction of sp³-hybridized carbons (Fsp3) is 0.525. The van der Waals surface area contributed by atoms with E-state index in [1.165, 1.54) is 60.2 Å². The lowest BCUT2D eigenvalue weighted by Crippen LogP contribution is -2.54. The van der Waals surface area contributed by atoms with E-state index >= 15 is 0 Å². The van der Waals surface area contributed by atoms with E-state index in [1.54, 1.807) is 81.5 Å². The van der Waals surface area contributed by atoms with Gasteiger partial charge in [-0.25, -0.2) is 19.0 Å². The minimum absolute atomic E-state index is 0. The van der Waals surface area contributed by atoms with Crippen LogP contribution in [0, 0.1) is 12.3 Å². The average molecular weight is 1900 g/mol. The molecule has 3 unspecified atom stereocenters. The van der Waals surface area contributed by atoms with Gasteiger partial charge in [-0.2, -0.15) is 0 Å². The Balaban J connectivity index is 0.000000366. The van der Waals surface area contributed by atoms with E-state index in [-0.39, 0.29) is 98.3 Å². The molecular weight excluding hydrogens is 1790 g/mol. The molecule has 3 fully saturated rings. The number of piperidine rings is 3. The van der Waals surface area contributed by atoms with Crippen LogP contribution in [-0.2, 0) is 92.6 Å². The third kappa shape index (κ3) is 32.7. The molecule has 14 amide bonds. The molecule has 126 heavy (non-hydrogen) atoms. The summed E-state index contributed by atoms with van der Waals surface area (Å²) in [4.78, 5) is 175. The summed E-state index contributed by atoms with van der Waals surface area (Å²) in [5, 5.41) is 31.1. The first kappa shape index (κ1) is 103. The van der Waals surface area contributed by atoms with Gasteiger partial charge in [-0.15, -0.1) is 58.7 Å². The highest BCUT2D eigenvalue weighted by Crippen LogP contribution is 2.34. The lowest BCUT2D eigenvalue weighted by Gasteiger charge is -2.27. The third-order valence-electron chi connectivity index (χ3n) is 17.9. The summed E-state index contributed by atoms with van der Waals surface area (Å²) >= 11 is 1.40. The molecule has 46 heteroatoms. The molecule has 0 spiro atoms. The van der Waals surface area contributed by atoms with E-state index < -0.39 is 112 Å². The molecule has 44 nitrogen and oxygen atoms in total. The number of rotatable bonds is 40. The Kier molecular flexibility index (Phi) is 43.8. The molecular formula is C80H109ClIN19O25. The summed E-state index contributed by atoms with van der Waals surface area (Å²) in [6, 6.07) is 10.7. The number of carbonyl (C=O) groups excluding carboxylic acids is 14. The molecule has 0 radical (unpaired) electrons. The second-order valence-electron chi connectivity index (χ2n) is 29.1. The highest BCUT2D eigenvalue weighted by Gasteiger charge is 2.48. The van der Waals surface area contributed by atoms with Crippen molar-refractivity contribution in [1.82, 2.24) is 77.4 Å². The molecule has 6 aliphatic rings. The van der Waals surface area contributed by atoms with Crippen molar-refractivity contribution in [3.63, 3.8) is 0 Å². The molecule has 8 heterocycles. The van der Waals surface area contributed by atoms with Crippen molar-refractivity contribution in [2.45, 2.75) is 149 Å². The fourth-order valence-electron chi connectivity index (χ4n) is 12.3. The second-order valence-corrected chi connectivity index (χ2v) is 29.1. The van der Waals surface area contributed by atoms with Gasteiger partial charge in [0.25, 0.3) is 35.4 Å². The van der Waals surface area contributed by atoms with Gasteiger partial charge in [0, 0.05) is 69.6 Å². The first-order chi connectivity index (χ1) is 60.5. The van der Waals surface area contributed by atoms with Gasteiger partial charge in [0.1, 0.15) is 48.6 Å². The summed E-state index contributed by atoms with van der Waals surface area (Å²) in [7, 11) is 0. The number of fused-ring (bicyclic) bond motifs is 3. The Labute approximate surface area is 751 Å². The van der Waals surface area contributed by atoms with Crippen LogP contribution >= 0.6 is 36.2 Å². The van der Waals surface area contributed by atoms with Crippen LogP contribution in [0.2, 0.25) is 1.41 Å². The van der Waals surface area contributed by atoms with Crippen molar-refractivity contribution < 1.29 is 121 Å². The van der Waals surface area contributed by atoms with Gasteiger partial charge in [-0.3, -0.25) is 88.2 Å². The van der Waals surface area contributed by atoms with E-state index in [2.05, 4.69) is 69.3 Å². The summed E-state index contributed by atoms with van der Waals surface area (Å²) < 4.78 is 73.8. The number of aromatic nitrogens is 6. The zero-order valence-electron chi connectivity index (χ0n) is 71.9. The van der Waals surface area contributed by atoms with E-state index in [4.69, 9.17) is 71.8 Å². The zero-order chi connectivity index (χ0) is 92.3. The highest BCUT2D eigenvalue weighted by atomic mass is 127. The van der Waals surface area contributed by atoms with Crippen molar-refractivity contribution in [1.29, 1.82) is 0.594 Å². The number of halogens is 2. The number of alkyl carbamates (subject to hydrolysis) is 2. The molecule has 3 atom stereocenters. The molecule has 6 aliphatic heterocycles. The van der Waals surface area contributed by atoms with Gasteiger partial charge in [0.05, 0.1) is 169 Å². The maximum absolute atomic E-state index is 13.0. The maximum Gasteiger partial charge on any atom is 0.407 e. The normalized spacial score (nSPS) is 16.2. The average Bonchev–Trinajstić information content (AvgIpc) is 1.62. The molecule has 688 valence electrons. The highest BCUT2D eigenvalue weighted by molar-refractivity contribution is 14.0. The molecule has 0 bridgehead atoms. The minimum atomic E-state index is -1.02. The van der Waals surface area contributed by atoms with Gasteiger partial charge in [-0.05, 0) is 121 Å². The molecule has 3 saturated heterocycles. The topological polar surface area (TPSA) is 582 Å². The van der Waals surface area contributed by atoms with Gasteiger partial charge in [0.15, 0.2) is 0 Å². The van der Waals surface area contributed by atoms with Crippen molar-refractivity contribution >= 4 is 119 Å². The fourth-order valence-corrected chi connectivity index (χ4v) is 12.3. The number of ether oxygens (including phenoxy) is 11. The smallest absolute Gasteiger partial charge is 0.407 e. The minimum Gasteiger partial charge on any atom is -0.493 e. The molecule has 0 aliphatic carbocycles. The van der Waals surface area contributed by atoms with Crippen LogP contribution in [0.4, 0.5) is 9.59 Å². The van der Waals surface area contributed by atoms with E-state index in [0.717, 1.165) is 26.1 Å². The van der Waals surface area contributed by atoms with Gasteiger partial charge >= 0.3 is 12.2 Å². The number of benzene rings is 3. The van der Waals surface area contributed by atoms with Crippen molar-refractivity contribution in [2.24, 2.45) is 10.8 Å². The Morgan fingerprint density at radius 2 is 0.849 bits per heavy atom. The van der Waals surface area contributed by atoms with Crippen LogP contribution in [0.1, 0.15) is 167 Å². The van der Waals surface area contributed by atoms with E-state index in [1.807, 2.05) is 0 Å². The Bertz CT molecular complexity index is 4690. The van der Waals surface area contributed by atoms with E-state index in [0.29, 0.717) is 168 Å². The first-order valence-electron chi connectivity index (χ1n) is 40.2. The van der Waals surface area contributed by atoms with Crippen LogP contribution in [0.5, 0.6) is 17.2 Å². The maximum atomic E-state index is 13.0. The van der Waals surface area contributed by atoms with Crippen molar-refractivity contribution in [3.8, 4) is 29.6 Å². The molecule has 0 saturated carbocycles. The number of terminal acetylenes is 1. The van der Waals surface area contributed by atoms with Gasteiger partial charge in [0.2, 0.25) is 35.4 Å². The molecule has 3 aromatic carbocycles. The summed E-state index contributed by atoms with van der Waals surface area (Å²) in [6.45, 7) is 19.1. The number of nitrogens with zero attached hydrogens (tertiary/aromatic N) is 12. The predicted molar refractivity (Wildman–Crippen MR) is 458 cm³/mol. The summed E-state index contributed by atoms with van der Waals surface area (Å²) in [5.74, 6) is -2.91. The largest absolute Gasteiger partial charge is 0.493 e.